The largest absolute Gasteiger partial charge is 0.411 e. The molecule has 0 atom stereocenters. The number of rotatable bonds is 3. The van der Waals surface area contributed by atoms with E-state index in [9.17, 15) is 0 Å². The second kappa shape index (κ2) is 4.98. The summed E-state index contributed by atoms with van der Waals surface area (Å²) >= 11 is 5.83. The predicted molar refractivity (Wildman–Crippen MR) is 58.3 cm³/mol. The Hall–Kier alpha value is -1.06. The summed E-state index contributed by atoms with van der Waals surface area (Å²) in [6.07, 6.45) is 0. The van der Waals surface area contributed by atoms with Crippen LogP contribution >= 0.6 is 11.6 Å². The Morgan fingerprint density at radius 3 is 2.71 bits per heavy atom. The summed E-state index contributed by atoms with van der Waals surface area (Å²) in [6, 6.07) is 7.26. The molecule has 0 radical (unpaired) electrons. The van der Waals surface area contributed by atoms with Crippen molar-refractivity contribution >= 4 is 17.3 Å². The van der Waals surface area contributed by atoms with E-state index in [-0.39, 0.29) is 0 Å². The summed E-state index contributed by atoms with van der Waals surface area (Å²) in [5, 5.41) is 12.7. The zero-order valence-corrected chi connectivity index (χ0v) is 8.99. The van der Waals surface area contributed by atoms with Crippen LogP contribution in [0.5, 0.6) is 0 Å². The Labute approximate surface area is 88.6 Å². The highest BCUT2D eigenvalue weighted by Crippen LogP contribution is 2.11. The van der Waals surface area contributed by atoms with E-state index < -0.39 is 0 Å². The summed E-state index contributed by atoms with van der Waals surface area (Å²) in [4.78, 5) is 1.93. The standard InChI is InChI=1S/C10H13ClN2O/c1-13(2)7-10(12-14)8-4-3-5-9(11)6-8/h3-6,14H,7H2,1-2H3. The van der Waals surface area contributed by atoms with Crippen molar-refractivity contribution in [3.05, 3.63) is 34.9 Å². The maximum atomic E-state index is 8.84. The van der Waals surface area contributed by atoms with Gasteiger partial charge in [0.15, 0.2) is 0 Å². The van der Waals surface area contributed by atoms with E-state index in [1.807, 2.05) is 31.1 Å². The lowest BCUT2D eigenvalue weighted by molar-refractivity contribution is 0.315. The van der Waals surface area contributed by atoms with Crippen molar-refractivity contribution in [2.24, 2.45) is 5.16 Å². The van der Waals surface area contributed by atoms with Crippen LogP contribution in [0.15, 0.2) is 29.4 Å². The van der Waals surface area contributed by atoms with Gasteiger partial charge in [-0.05, 0) is 26.2 Å². The van der Waals surface area contributed by atoms with Gasteiger partial charge in [0.05, 0.1) is 0 Å². The molecule has 0 spiro atoms. The molecule has 0 bridgehead atoms. The van der Waals surface area contributed by atoms with Crippen LogP contribution in [-0.4, -0.2) is 36.5 Å². The number of hydrogen-bond acceptors (Lipinski definition) is 3. The first-order valence-corrected chi connectivity index (χ1v) is 4.63. The Morgan fingerprint density at radius 1 is 1.50 bits per heavy atom. The molecule has 0 saturated carbocycles. The van der Waals surface area contributed by atoms with Crippen LogP contribution in [-0.2, 0) is 0 Å². The SMILES string of the molecule is CN(C)CC(=NO)c1cccc(Cl)c1. The fourth-order valence-electron chi connectivity index (χ4n) is 1.15. The van der Waals surface area contributed by atoms with Crippen LogP contribution in [0.25, 0.3) is 0 Å². The Bertz CT molecular complexity index is 337. The maximum Gasteiger partial charge on any atom is 0.101 e. The van der Waals surface area contributed by atoms with Crippen LogP contribution in [0.4, 0.5) is 0 Å². The third kappa shape index (κ3) is 3.01. The summed E-state index contributed by atoms with van der Waals surface area (Å²) in [6.45, 7) is 0.580. The number of hydrogen-bond donors (Lipinski definition) is 1. The number of likely N-dealkylation sites (N-methyl/N-ethyl adjacent to an activating group) is 1. The van der Waals surface area contributed by atoms with Gasteiger partial charge in [-0.25, -0.2) is 0 Å². The Kier molecular flexibility index (Phi) is 3.92. The smallest absolute Gasteiger partial charge is 0.101 e. The Morgan fingerprint density at radius 2 is 2.21 bits per heavy atom. The van der Waals surface area contributed by atoms with Gasteiger partial charge in [0.2, 0.25) is 0 Å². The van der Waals surface area contributed by atoms with Gasteiger partial charge < -0.3 is 10.1 Å². The van der Waals surface area contributed by atoms with Crippen LogP contribution in [0.3, 0.4) is 0 Å². The van der Waals surface area contributed by atoms with E-state index in [1.54, 1.807) is 12.1 Å². The van der Waals surface area contributed by atoms with Crippen LogP contribution in [0, 0.1) is 0 Å². The van der Waals surface area contributed by atoms with Crippen LogP contribution in [0.1, 0.15) is 5.56 Å². The molecule has 76 valence electrons. The lowest BCUT2D eigenvalue weighted by Gasteiger charge is -2.10. The zero-order chi connectivity index (χ0) is 10.6. The van der Waals surface area contributed by atoms with Crippen molar-refractivity contribution in [2.45, 2.75) is 0 Å². The molecule has 1 aromatic carbocycles. The highest BCUT2D eigenvalue weighted by Gasteiger charge is 2.05. The van der Waals surface area contributed by atoms with Gasteiger partial charge in [-0.2, -0.15) is 0 Å². The van der Waals surface area contributed by atoms with Gasteiger partial charge in [-0.1, -0.05) is 28.9 Å². The lowest BCUT2D eigenvalue weighted by Crippen LogP contribution is -2.22. The second-order valence-corrected chi connectivity index (χ2v) is 3.73. The van der Waals surface area contributed by atoms with Crippen molar-refractivity contribution in [3.8, 4) is 0 Å². The maximum absolute atomic E-state index is 8.84. The van der Waals surface area contributed by atoms with Gasteiger partial charge in [-0.15, -0.1) is 0 Å². The molecule has 14 heavy (non-hydrogen) atoms. The number of oxime groups is 1. The quantitative estimate of drug-likeness (QED) is 0.473. The minimum absolute atomic E-state index is 0.580. The second-order valence-electron chi connectivity index (χ2n) is 3.29. The summed E-state index contributed by atoms with van der Waals surface area (Å²) in [5.74, 6) is 0. The molecular weight excluding hydrogens is 200 g/mol. The van der Waals surface area contributed by atoms with E-state index >= 15 is 0 Å². The molecule has 4 heteroatoms. The highest BCUT2D eigenvalue weighted by molar-refractivity contribution is 6.31. The third-order valence-corrected chi connectivity index (χ3v) is 1.98. The van der Waals surface area contributed by atoms with Crippen molar-refractivity contribution in [3.63, 3.8) is 0 Å². The lowest BCUT2D eigenvalue weighted by atomic mass is 10.1. The molecule has 0 aliphatic heterocycles. The molecule has 0 aliphatic carbocycles. The zero-order valence-electron chi connectivity index (χ0n) is 8.24. The molecule has 1 aromatic rings. The first kappa shape index (κ1) is 11.0. The molecule has 0 fully saturated rings. The monoisotopic (exact) mass is 212 g/mol. The average molecular weight is 213 g/mol. The van der Waals surface area contributed by atoms with Gasteiger partial charge in [-0.3, -0.25) is 0 Å². The molecular formula is C10H13ClN2O. The van der Waals surface area contributed by atoms with E-state index in [2.05, 4.69) is 5.16 Å². The summed E-state index contributed by atoms with van der Waals surface area (Å²) in [7, 11) is 3.82. The van der Waals surface area contributed by atoms with Crippen LogP contribution in [0.2, 0.25) is 5.02 Å². The summed E-state index contributed by atoms with van der Waals surface area (Å²) in [5.41, 5.74) is 1.45. The minimum Gasteiger partial charge on any atom is -0.411 e. The van der Waals surface area contributed by atoms with Gasteiger partial charge in [0, 0.05) is 17.1 Å². The first-order chi connectivity index (χ1) is 6.63. The normalized spacial score (nSPS) is 12.1. The van der Waals surface area contributed by atoms with Crippen LogP contribution < -0.4 is 0 Å². The van der Waals surface area contributed by atoms with Crippen molar-refractivity contribution in [1.29, 1.82) is 0 Å². The van der Waals surface area contributed by atoms with Crippen molar-refractivity contribution in [2.75, 3.05) is 20.6 Å². The van der Waals surface area contributed by atoms with Gasteiger partial charge >= 0.3 is 0 Å². The van der Waals surface area contributed by atoms with Gasteiger partial charge in [0.1, 0.15) is 5.71 Å². The average Bonchev–Trinajstić information content (AvgIpc) is 2.14. The number of nitrogens with zero attached hydrogens (tertiary/aromatic N) is 2. The molecule has 0 amide bonds. The van der Waals surface area contributed by atoms with Gasteiger partial charge in [0.25, 0.3) is 0 Å². The fraction of sp³-hybridized carbons (Fsp3) is 0.300. The number of benzene rings is 1. The molecule has 0 aliphatic rings. The first-order valence-electron chi connectivity index (χ1n) is 4.25. The van der Waals surface area contributed by atoms with E-state index in [1.165, 1.54) is 0 Å². The van der Waals surface area contributed by atoms with E-state index in [4.69, 9.17) is 16.8 Å². The molecule has 0 aromatic heterocycles. The minimum atomic E-state index is 0.580. The van der Waals surface area contributed by atoms with Crippen molar-refractivity contribution in [1.82, 2.24) is 4.90 Å². The molecule has 0 unspecified atom stereocenters. The molecule has 1 N–H and O–H groups in total. The highest BCUT2D eigenvalue weighted by atomic mass is 35.5. The number of halogens is 1. The summed E-state index contributed by atoms with van der Waals surface area (Å²) < 4.78 is 0. The predicted octanol–water partition coefficient (Wildman–Crippen LogP) is 2.08. The molecule has 1 rings (SSSR count). The van der Waals surface area contributed by atoms with E-state index in [0.717, 1.165) is 5.56 Å². The molecule has 0 saturated heterocycles. The van der Waals surface area contributed by atoms with Crippen molar-refractivity contribution < 1.29 is 5.21 Å². The van der Waals surface area contributed by atoms with E-state index in [0.29, 0.717) is 17.3 Å². The molecule has 0 heterocycles. The molecule has 3 nitrogen and oxygen atoms in total. The topological polar surface area (TPSA) is 35.8 Å². The third-order valence-electron chi connectivity index (χ3n) is 1.74. The Balaban J connectivity index is 2.90. The fourth-order valence-corrected chi connectivity index (χ4v) is 1.34.